The Balaban J connectivity index is 2.30. The van der Waals surface area contributed by atoms with Crippen molar-refractivity contribution in [1.82, 2.24) is 0 Å². The number of anilines is 1. The van der Waals surface area contributed by atoms with Crippen molar-refractivity contribution in [1.29, 1.82) is 0 Å². The van der Waals surface area contributed by atoms with Gasteiger partial charge in [-0.1, -0.05) is 0 Å². The summed E-state index contributed by atoms with van der Waals surface area (Å²) >= 11 is 0. The first-order valence-corrected chi connectivity index (χ1v) is 5.69. The Bertz CT molecular complexity index is 525. The molecule has 0 saturated carbocycles. The second-order valence-corrected chi connectivity index (χ2v) is 4.11. The lowest BCUT2D eigenvalue weighted by Crippen LogP contribution is -2.39. The van der Waals surface area contributed by atoms with Gasteiger partial charge in [0.05, 0.1) is 12.0 Å². The molecule has 0 bridgehead atoms. The Hall–Kier alpha value is -2.44. The van der Waals surface area contributed by atoms with E-state index in [0.717, 1.165) is 0 Å². The topological polar surface area (TPSA) is 89.8 Å². The number of nitrogens with zero attached hydrogens (tertiary/aromatic N) is 2. The van der Waals surface area contributed by atoms with E-state index in [4.69, 9.17) is 0 Å². The van der Waals surface area contributed by atoms with Crippen molar-refractivity contribution in [3.63, 3.8) is 0 Å². The molecule has 7 nitrogen and oxygen atoms in total. The number of hydrogen-bond acceptors (Lipinski definition) is 5. The fourth-order valence-electron chi connectivity index (χ4n) is 2.10. The van der Waals surface area contributed by atoms with E-state index in [1.807, 2.05) is 0 Å². The van der Waals surface area contributed by atoms with Gasteiger partial charge in [0.2, 0.25) is 5.91 Å². The third-order valence-electron chi connectivity index (χ3n) is 3.02. The van der Waals surface area contributed by atoms with Gasteiger partial charge in [0, 0.05) is 24.2 Å². The molecule has 0 spiro atoms. The molecule has 0 aromatic heterocycles. The van der Waals surface area contributed by atoms with E-state index in [9.17, 15) is 19.7 Å². The zero-order valence-electron chi connectivity index (χ0n) is 10.2. The van der Waals surface area contributed by atoms with Crippen molar-refractivity contribution in [3.05, 3.63) is 34.4 Å². The van der Waals surface area contributed by atoms with Crippen LogP contribution < -0.4 is 4.90 Å². The molecule has 100 valence electrons. The number of carbonyl (C=O) groups excluding carboxylic acids is 2. The average molecular weight is 264 g/mol. The molecular formula is C12H12N2O5. The lowest BCUT2D eigenvalue weighted by atomic mass is 10.2. The molecule has 1 aliphatic heterocycles. The number of rotatable bonds is 3. The van der Waals surface area contributed by atoms with Gasteiger partial charge in [0.1, 0.15) is 6.04 Å². The molecule has 1 heterocycles. The number of methoxy groups -OCH3 is 1. The Labute approximate surface area is 108 Å². The molecule has 0 N–H and O–H groups in total. The van der Waals surface area contributed by atoms with Crippen LogP contribution in [0.4, 0.5) is 11.4 Å². The van der Waals surface area contributed by atoms with Gasteiger partial charge in [-0.05, 0) is 18.6 Å². The van der Waals surface area contributed by atoms with Crippen LogP contribution in [-0.2, 0) is 14.3 Å². The summed E-state index contributed by atoms with van der Waals surface area (Å²) in [5, 5.41) is 10.6. The van der Waals surface area contributed by atoms with E-state index in [1.54, 1.807) is 0 Å². The molecule has 0 radical (unpaired) electrons. The molecule has 1 aromatic rings. The predicted molar refractivity (Wildman–Crippen MR) is 65.6 cm³/mol. The lowest BCUT2D eigenvalue weighted by Gasteiger charge is -2.22. The highest BCUT2D eigenvalue weighted by atomic mass is 16.6. The standard InChI is InChI=1S/C12H12N2O5/c1-19-12(16)10-6-7-11(15)13(10)8-2-4-9(5-3-8)14(17)18/h2-5,10H,6-7H2,1H3. The SMILES string of the molecule is COC(=O)C1CCC(=O)N1c1ccc([N+](=O)[O-])cc1. The zero-order valence-corrected chi connectivity index (χ0v) is 10.2. The fourth-order valence-corrected chi connectivity index (χ4v) is 2.10. The molecule has 1 fully saturated rings. The van der Waals surface area contributed by atoms with Crippen LogP contribution in [-0.4, -0.2) is 30.0 Å². The molecule has 1 atom stereocenters. The number of nitro benzene ring substituents is 1. The molecule has 2 rings (SSSR count). The summed E-state index contributed by atoms with van der Waals surface area (Å²) in [6, 6.07) is 4.86. The highest BCUT2D eigenvalue weighted by molar-refractivity contribution is 6.02. The zero-order chi connectivity index (χ0) is 14.0. The van der Waals surface area contributed by atoms with E-state index in [-0.39, 0.29) is 18.0 Å². The Morgan fingerprint density at radius 1 is 1.42 bits per heavy atom. The van der Waals surface area contributed by atoms with Gasteiger partial charge in [-0.25, -0.2) is 4.79 Å². The summed E-state index contributed by atoms with van der Waals surface area (Å²) in [5.41, 5.74) is 0.397. The van der Waals surface area contributed by atoms with Crippen molar-refractivity contribution in [2.75, 3.05) is 12.0 Å². The van der Waals surface area contributed by atoms with Crippen LogP contribution in [0.3, 0.4) is 0 Å². The van der Waals surface area contributed by atoms with E-state index in [0.29, 0.717) is 12.1 Å². The van der Waals surface area contributed by atoms with Crippen molar-refractivity contribution < 1.29 is 19.2 Å². The van der Waals surface area contributed by atoms with Crippen LogP contribution in [0.2, 0.25) is 0 Å². The van der Waals surface area contributed by atoms with E-state index in [2.05, 4.69) is 4.74 Å². The van der Waals surface area contributed by atoms with Crippen molar-refractivity contribution in [3.8, 4) is 0 Å². The maximum absolute atomic E-state index is 11.8. The molecule has 1 aromatic carbocycles. The molecule has 19 heavy (non-hydrogen) atoms. The minimum absolute atomic E-state index is 0.0648. The predicted octanol–water partition coefficient (Wildman–Crippen LogP) is 1.26. The smallest absolute Gasteiger partial charge is 0.328 e. The number of esters is 1. The number of benzene rings is 1. The summed E-state index contributed by atoms with van der Waals surface area (Å²) in [5.74, 6) is -0.673. The number of nitro groups is 1. The Morgan fingerprint density at radius 2 is 2.05 bits per heavy atom. The molecule has 7 heteroatoms. The third kappa shape index (κ3) is 2.40. The highest BCUT2D eigenvalue weighted by Gasteiger charge is 2.37. The molecule has 1 saturated heterocycles. The Morgan fingerprint density at radius 3 is 2.58 bits per heavy atom. The number of ether oxygens (including phenoxy) is 1. The quantitative estimate of drug-likeness (QED) is 0.465. The maximum Gasteiger partial charge on any atom is 0.328 e. The first-order chi connectivity index (χ1) is 9.04. The van der Waals surface area contributed by atoms with E-state index >= 15 is 0 Å². The minimum Gasteiger partial charge on any atom is -0.467 e. The largest absolute Gasteiger partial charge is 0.467 e. The third-order valence-corrected chi connectivity index (χ3v) is 3.02. The van der Waals surface area contributed by atoms with Gasteiger partial charge in [0.15, 0.2) is 0 Å². The van der Waals surface area contributed by atoms with Gasteiger partial charge >= 0.3 is 5.97 Å². The van der Waals surface area contributed by atoms with Crippen molar-refractivity contribution >= 4 is 23.3 Å². The first kappa shape index (κ1) is 13.0. The molecule has 0 aliphatic carbocycles. The van der Waals surface area contributed by atoms with Crippen LogP contribution >= 0.6 is 0 Å². The van der Waals surface area contributed by atoms with Crippen LogP contribution in [0.15, 0.2) is 24.3 Å². The molecular weight excluding hydrogens is 252 g/mol. The summed E-state index contributed by atoms with van der Waals surface area (Å²) in [4.78, 5) is 34.8. The van der Waals surface area contributed by atoms with Gasteiger partial charge < -0.3 is 4.74 Å². The monoisotopic (exact) mass is 264 g/mol. The highest BCUT2D eigenvalue weighted by Crippen LogP contribution is 2.28. The fraction of sp³-hybridized carbons (Fsp3) is 0.333. The molecule has 1 aliphatic rings. The molecule has 1 unspecified atom stereocenters. The molecule has 1 amide bonds. The van der Waals surface area contributed by atoms with Crippen molar-refractivity contribution in [2.24, 2.45) is 0 Å². The van der Waals surface area contributed by atoms with Crippen molar-refractivity contribution in [2.45, 2.75) is 18.9 Å². The van der Waals surface area contributed by atoms with Crippen LogP contribution in [0.25, 0.3) is 0 Å². The van der Waals surface area contributed by atoms with Crippen LogP contribution in [0, 0.1) is 10.1 Å². The summed E-state index contributed by atoms with van der Waals surface area (Å²) < 4.78 is 4.66. The summed E-state index contributed by atoms with van der Waals surface area (Å²) in [6.45, 7) is 0. The van der Waals surface area contributed by atoms with Crippen LogP contribution in [0.5, 0.6) is 0 Å². The van der Waals surface area contributed by atoms with E-state index in [1.165, 1.54) is 36.3 Å². The van der Waals surface area contributed by atoms with Crippen LogP contribution in [0.1, 0.15) is 12.8 Å². The number of non-ortho nitro benzene ring substituents is 1. The van der Waals surface area contributed by atoms with Gasteiger partial charge in [-0.2, -0.15) is 0 Å². The normalized spacial score (nSPS) is 18.5. The van der Waals surface area contributed by atoms with E-state index < -0.39 is 16.9 Å². The average Bonchev–Trinajstić information content (AvgIpc) is 2.80. The Kier molecular flexibility index (Phi) is 3.46. The van der Waals surface area contributed by atoms with Gasteiger partial charge in [-0.3, -0.25) is 19.8 Å². The second kappa shape index (κ2) is 5.05. The first-order valence-electron chi connectivity index (χ1n) is 5.69. The second-order valence-electron chi connectivity index (χ2n) is 4.11. The van der Waals surface area contributed by atoms with Gasteiger partial charge in [0.25, 0.3) is 5.69 Å². The summed E-state index contributed by atoms with van der Waals surface area (Å²) in [6.07, 6.45) is 0.652. The number of hydrogen-bond donors (Lipinski definition) is 0. The minimum atomic E-state index is -0.654. The van der Waals surface area contributed by atoms with Gasteiger partial charge in [-0.15, -0.1) is 0 Å². The number of carbonyl (C=O) groups is 2. The number of amides is 1. The summed E-state index contributed by atoms with van der Waals surface area (Å²) in [7, 11) is 1.26. The lowest BCUT2D eigenvalue weighted by molar-refractivity contribution is -0.384. The maximum atomic E-state index is 11.8.